The van der Waals surface area contributed by atoms with Gasteiger partial charge in [0, 0.05) is 39.6 Å². The molecule has 1 rings (SSSR count). The number of urea groups is 1. The van der Waals surface area contributed by atoms with Crippen molar-refractivity contribution in [3.63, 3.8) is 0 Å². The Kier molecular flexibility index (Phi) is 5.12. The molecule has 0 radical (unpaired) electrons. The third-order valence-electron chi connectivity index (χ3n) is 3.22. The molecule has 7 heteroatoms. The standard InChI is InChI=1S/C12H19N3O4/c1-9(7-13)8-15(2)11(18)14-12(10(16)17)3-5-19-6-4-12/h9H,3-6,8H2,1-2H3,(H,14,18)(H,16,17). The third-order valence-corrected chi connectivity index (χ3v) is 3.22. The summed E-state index contributed by atoms with van der Waals surface area (Å²) in [5.41, 5.74) is -1.26. The van der Waals surface area contributed by atoms with Crippen LogP contribution in [0.3, 0.4) is 0 Å². The molecule has 0 aromatic rings. The lowest BCUT2D eigenvalue weighted by Gasteiger charge is -2.35. The predicted octanol–water partition coefficient (Wildman–Crippen LogP) is 0.421. The van der Waals surface area contributed by atoms with Crippen LogP contribution in [0.1, 0.15) is 19.8 Å². The van der Waals surface area contributed by atoms with Crippen LogP contribution in [0.15, 0.2) is 0 Å². The summed E-state index contributed by atoms with van der Waals surface area (Å²) in [4.78, 5) is 24.7. The number of nitriles is 1. The van der Waals surface area contributed by atoms with Crippen LogP contribution in [0.5, 0.6) is 0 Å². The molecule has 0 aromatic carbocycles. The number of ether oxygens (including phenoxy) is 1. The van der Waals surface area contributed by atoms with Gasteiger partial charge in [0.05, 0.1) is 12.0 Å². The highest BCUT2D eigenvalue weighted by atomic mass is 16.5. The number of nitrogens with one attached hydrogen (secondary N) is 1. The zero-order chi connectivity index (χ0) is 14.5. The number of nitrogens with zero attached hydrogens (tertiary/aromatic N) is 2. The van der Waals surface area contributed by atoms with Gasteiger partial charge < -0.3 is 20.1 Å². The van der Waals surface area contributed by atoms with Crippen LogP contribution in [0.25, 0.3) is 0 Å². The van der Waals surface area contributed by atoms with Gasteiger partial charge in [-0.05, 0) is 6.92 Å². The molecule has 0 spiro atoms. The Balaban J connectivity index is 2.67. The molecule has 1 fully saturated rings. The lowest BCUT2D eigenvalue weighted by molar-refractivity contribution is -0.148. The van der Waals surface area contributed by atoms with Crippen molar-refractivity contribution in [2.45, 2.75) is 25.3 Å². The van der Waals surface area contributed by atoms with Crippen molar-refractivity contribution < 1.29 is 19.4 Å². The van der Waals surface area contributed by atoms with Crippen LogP contribution >= 0.6 is 0 Å². The Labute approximate surface area is 112 Å². The summed E-state index contributed by atoms with van der Waals surface area (Å²) in [6.07, 6.45) is 0.492. The quantitative estimate of drug-likeness (QED) is 0.770. The van der Waals surface area contributed by atoms with E-state index in [9.17, 15) is 14.7 Å². The minimum Gasteiger partial charge on any atom is -0.480 e. The van der Waals surface area contributed by atoms with E-state index in [1.165, 1.54) is 11.9 Å². The Morgan fingerprint density at radius 2 is 2.11 bits per heavy atom. The van der Waals surface area contributed by atoms with Crippen LogP contribution in [-0.4, -0.2) is 54.4 Å². The van der Waals surface area contributed by atoms with Gasteiger partial charge in [-0.25, -0.2) is 9.59 Å². The van der Waals surface area contributed by atoms with Crippen LogP contribution < -0.4 is 5.32 Å². The summed E-state index contributed by atoms with van der Waals surface area (Å²) in [5, 5.41) is 20.6. The van der Waals surface area contributed by atoms with Gasteiger partial charge in [-0.1, -0.05) is 0 Å². The number of carboxylic acids is 1. The molecule has 7 nitrogen and oxygen atoms in total. The summed E-state index contributed by atoms with van der Waals surface area (Å²) in [7, 11) is 1.54. The fourth-order valence-electron chi connectivity index (χ4n) is 1.95. The molecule has 1 atom stereocenters. The molecule has 1 unspecified atom stereocenters. The average Bonchev–Trinajstić information content (AvgIpc) is 2.39. The molecular weight excluding hydrogens is 250 g/mol. The number of amides is 2. The predicted molar refractivity (Wildman–Crippen MR) is 66.4 cm³/mol. The number of hydrogen-bond donors (Lipinski definition) is 2. The second kappa shape index (κ2) is 6.38. The zero-order valence-electron chi connectivity index (χ0n) is 11.2. The van der Waals surface area contributed by atoms with Gasteiger partial charge in [-0.3, -0.25) is 0 Å². The molecule has 0 saturated carbocycles. The summed E-state index contributed by atoms with van der Waals surface area (Å²) >= 11 is 0. The number of carboxylic acid groups (broad SMARTS) is 1. The van der Waals surface area contributed by atoms with E-state index in [1.807, 2.05) is 6.07 Å². The van der Waals surface area contributed by atoms with Crippen LogP contribution in [-0.2, 0) is 9.53 Å². The monoisotopic (exact) mass is 269 g/mol. The molecule has 1 aliphatic rings. The topological polar surface area (TPSA) is 103 Å². The molecular formula is C12H19N3O4. The van der Waals surface area contributed by atoms with E-state index in [-0.39, 0.29) is 25.3 Å². The van der Waals surface area contributed by atoms with Crippen LogP contribution in [0.2, 0.25) is 0 Å². The molecule has 106 valence electrons. The van der Waals surface area contributed by atoms with E-state index in [0.29, 0.717) is 13.2 Å². The van der Waals surface area contributed by atoms with E-state index in [2.05, 4.69) is 5.32 Å². The van der Waals surface area contributed by atoms with Crippen LogP contribution in [0.4, 0.5) is 4.79 Å². The molecule has 0 aliphatic carbocycles. The maximum absolute atomic E-state index is 12.0. The van der Waals surface area contributed by atoms with E-state index in [0.717, 1.165) is 0 Å². The van der Waals surface area contributed by atoms with Crippen molar-refractivity contribution in [1.82, 2.24) is 10.2 Å². The number of hydrogen-bond acceptors (Lipinski definition) is 4. The molecule has 0 bridgehead atoms. The zero-order valence-corrected chi connectivity index (χ0v) is 11.2. The molecule has 1 heterocycles. The van der Waals surface area contributed by atoms with Gasteiger partial charge in [0.2, 0.25) is 0 Å². The first-order valence-corrected chi connectivity index (χ1v) is 6.15. The van der Waals surface area contributed by atoms with Gasteiger partial charge in [-0.2, -0.15) is 5.26 Å². The van der Waals surface area contributed by atoms with E-state index in [4.69, 9.17) is 10.00 Å². The summed E-state index contributed by atoms with van der Waals surface area (Å²) in [6.45, 7) is 2.58. The molecule has 0 aromatic heterocycles. The van der Waals surface area contributed by atoms with Gasteiger partial charge in [0.1, 0.15) is 5.54 Å². The van der Waals surface area contributed by atoms with Crippen molar-refractivity contribution in [2.24, 2.45) is 5.92 Å². The summed E-state index contributed by atoms with van der Waals surface area (Å²) in [6, 6.07) is 1.55. The number of rotatable bonds is 4. The average molecular weight is 269 g/mol. The Hall–Kier alpha value is -1.81. The van der Waals surface area contributed by atoms with Crippen molar-refractivity contribution in [2.75, 3.05) is 26.8 Å². The number of carbonyl (C=O) groups is 2. The molecule has 19 heavy (non-hydrogen) atoms. The lowest BCUT2D eigenvalue weighted by Crippen LogP contribution is -2.60. The third kappa shape index (κ3) is 3.83. The molecule has 2 amide bonds. The highest BCUT2D eigenvalue weighted by Gasteiger charge is 2.42. The minimum absolute atomic E-state index is 0.246. The van der Waals surface area contributed by atoms with Gasteiger partial charge in [-0.15, -0.1) is 0 Å². The van der Waals surface area contributed by atoms with Crippen molar-refractivity contribution >= 4 is 12.0 Å². The van der Waals surface area contributed by atoms with Gasteiger partial charge >= 0.3 is 12.0 Å². The first-order chi connectivity index (χ1) is 8.91. The Morgan fingerprint density at radius 1 is 1.53 bits per heavy atom. The normalized spacial score (nSPS) is 19.0. The molecule has 1 saturated heterocycles. The lowest BCUT2D eigenvalue weighted by atomic mass is 9.90. The first-order valence-electron chi connectivity index (χ1n) is 6.15. The number of carbonyl (C=O) groups excluding carboxylic acids is 1. The van der Waals surface area contributed by atoms with E-state index >= 15 is 0 Å². The molecule has 2 N–H and O–H groups in total. The highest BCUT2D eigenvalue weighted by Crippen LogP contribution is 2.21. The maximum Gasteiger partial charge on any atom is 0.329 e. The minimum atomic E-state index is -1.26. The maximum atomic E-state index is 12.0. The SMILES string of the molecule is CC(C#N)CN(C)C(=O)NC1(C(=O)O)CCOCC1. The van der Waals surface area contributed by atoms with Gasteiger partial charge in [0.15, 0.2) is 0 Å². The van der Waals surface area contributed by atoms with Crippen molar-refractivity contribution in [3.8, 4) is 6.07 Å². The van der Waals surface area contributed by atoms with E-state index in [1.54, 1.807) is 6.92 Å². The van der Waals surface area contributed by atoms with Crippen molar-refractivity contribution in [1.29, 1.82) is 5.26 Å². The second-order valence-electron chi connectivity index (χ2n) is 4.84. The molecule has 1 aliphatic heterocycles. The summed E-state index contributed by atoms with van der Waals surface area (Å²) in [5.74, 6) is -1.35. The smallest absolute Gasteiger partial charge is 0.329 e. The fraction of sp³-hybridized carbons (Fsp3) is 0.750. The highest BCUT2D eigenvalue weighted by molar-refractivity contribution is 5.86. The summed E-state index contributed by atoms with van der Waals surface area (Å²) < 4.78 is 5.13. The largest absolute Gasteiger partial charge is 0.480 e. The Bertz CT molecular complexity index is 385. The van der Waals surface area contributed by atoms with Gasteiger partial charge in [0.25, 0.3) is 0 Å². The van der Waals surface area contributed by atoms with Crippen LogP contribution in [0, 0.1) is 17.2 Å². The first kappa shape index (κ1) is 15.2. The number of aliphatic carboxylic acids is 1. The second-order valence-corrected chi connectivity index (χ2v) is 4.84. The Morgan fingerprint density at radius 3 is 2.58 bits per heavy atom. The van der Waals surface area contributed by atoms with E-state index < -0.39 is 17.5 Å². The fourth-order valence-corrected chi connectivity index (χ4v) is 1.95. The van der Waals surface area contributed by atoms with Crippen molar-refractivity contribution in [3.05, 3.63) is 0 Å².